The predicted octanol–water partition coefficient (Wildman–Crippen LogP) is 6.45. The van der Waals surface area contributed by atoms with Gasteiger partial charge in [0.25, 0.3) is 0 Å². The van der Waals surface area contributed by atoms with Gasteiger partial charge in [-0.25, -0.2) is 0 Å². The third-order valence-corrected chi connectivity index (χ3v) is 7.32. The Balaban J connectivity index is 1.45. The lowest BCUT2D eigenvalue weighted by Crippen LogP contribution is -2.34. The van der Waals surface area contributed by atoms with E-state index in [1.165, 1.54) is 11.8 Å². The highest BCUT2D eigenvalue weighted by Crippen LogP contribution is 2.34. The Labute approximate surface area is 210 Å². The summed E-state index contributed by atoms with van der Waals surface area (Å²) in [5.41, 5.74) is -0.0842. The number of nitrogens with one attached hydrogen (secondary N) is 1. The molecule has 1 aliphatic heterocycles. The third kappa shape index (κ3) is 6.32. The number of fused-ring (bicyclic) bond motifs is 1. The van der Waals surface area contributed by atoms with E-state index in [2.05, 4.69) is 5.32 Å². The van der Waals surface area contributed by atoms with Gasteiger partial charge in [-0.05, 0) is 37.1 Å². The molecular weight excluding hydrogens is 499 g/mol. The number of alkyl halides is 3. The average molecular weight is 524 g/mol. The number of anilines is 1. The van der Waals surface area contributed by atoms with Gasteiger partial charge >= 0.3 is 6.18 Å². The molecule has 0 unspecified atom stereocenters. The van der Waals surface area contributed by atoms with Crippen molar-refractivity contribution in [2.24, 2.45) is 0 Å². The molecule has 4 rings (SSSR count). The van der Waals surface area contributed by atoms with Gasteiger partial charge in [0.05, 0.1) is 22.0 Å². The lowest BCUT2D eigenvalue weighted by Gasteiger charge is -2.20. The Hall–Kier alpha value is -2.65. The van der Waals surface area contributed by atoms with Crippen LogP contribution in [0.15, 0.2) is 53.6 Å². The summed E-state index contributed by atoms with van der Waals surface area (Å²) < 4.78 is 40.9. The van der Waals surface area contributed by atoms with Crippen molar-refractivity contribution >= 4 is 51.8 Å². The van der Waals surface area contributed by atoms with E-state index in [4.69, 9.17) is 11.6 Å². The van der Waals surface area contributed by atoms with Crippen molar-refractivity contribution in [1.82, 2.24) is 9.47 Å². The summed E-state index contributed by atoms with van der Waals surface area (Å²) in [5.74, 6) is -0.435. The molecule has 186 valence electrons. The third-order valence-electron chi connectivity index (χ3n) is 5.94. The number of thioether (sulfide) groups is 1. The van der Waals surface area contributed by atoms with Gasteiger partial charge in [0, 0.05) is 35.1 Å². The summed E-state index contributed by atoms with van der Waals surface area (Å²) in [6.07, 6.45) is 1.64. The van der Waals surface area contributed by atoms with Crippen LogP contribution >= 0.6 is 23.4 Å². The number of hydrogen-bond donors (Lipinski definition) is 1. The van der Waals surface area contributed by atoms with E-state index in [-0.39, 0.29) is 28.9 Å². The number of carbonyl (C=O) groups is 2. The van der Waals surface area contributed by atoms with Gasteiger partial charge in [0.2, 0.25) is 11.8 Å². The minimum absolute atomic E-state index is 0.0271. The molecule has 10 heteroatoms. The number of para-hydroxylation sites is 1. The van der Waals surface area contributed by atoms with E-state index in [1.807, 2.05) is 39.9 Å². The fourth-order valence-electron chi connectivity index (χ4n) is 4.15. The number of carbonyl (C=O) groups excluding carboxylic acids is 2. The van der Waals surface area contributed by atoms with E-state index in [0.717, 1.165) is 72.8 Å². The topological polar surface area (TPSA) is 54.3 Å². The Morgan fingerprint density at radius 3 is 2.46 bits per heavy atom. The zero-order valence-corrected chi connectivity index (χ0v) is 20.5. The lowest BCUT2D eigenvalue weighted by atomic mass is 10.2. The highest BCUT2D eigenvalue weighted by molar-refractivity contribution is 8.00. The van der Waals surface area contributed by atoms with Crippen LogP contribution in [-0.2, 0) is 22.3 Å². The number of hydrogen-bond acceptors (Lipinski definition) is 3. The van der Waals surface area contributed by atoms with Gasteiger partial charge in [-0.2, -0.15) is 13.2 Å². The molecule has 1 aromatic heterocycles. The largest absolute Gasteiger partial charge is 0.416 e. The minimum Gasteiger partial charge on any atom is -0.341 e. The Bertz CT molecular complexity index is 1220. The molecule has 1 saturated heterocycles. The van der Waals surface area contributed by atoms with Crippen molar-refractivity contribution in [3.05, 3.63) is 59.2 Å². The molecule has 3 aromatic rings. The first-order valence-corrected chi connectivity index (χ1v) is 12.7. The lowest BCUT2D eigenvalue weighted by molar-refractivity contribution is -0.137. The molecule has 0 aliphatic carbocycles. The summed E-state index contributed by atoms with van der Waals surface area (Å²) in [5, 5.41) is 3.41. The maximum absolute atomic E-state index is 13.0. The maximum atomic E-state index is 13.0. The second-order valence-corrected chi connectivity index (χ2v) is 9.89. The van der Waals surface area contributed by atoms with Crippen LogP contribution in [-0.4, -0.2) is 40.1 Å². The van der Waals surface area contributed by atoms with E-state index in [9.17, 15) is 22.8 Å². The quantitative estimate of drug-likeness (QED) is 0.378. The molecule has 0 saturated carbocycles. The Morgan fingerprint density at radius 1 is 1.03 bits per heavy atom. The highest BCUT2D eigenvalue weighted by Gasteiger charge is 2.31. The number of aromatic nitrogens is 1. The highest BCUT2D eigenvalue weighted by atomic mass is 35.5. The average Bonchev–Trinajstić information content (AvgIpc) is 2.98. The fraction of sp³-hybridized carbons (Fsp3) is 0.360. The van der Waals surface area contributed by atoms with Gasteiger partial charge in [0.15, 0.2) is 0 Å². The second-order valence-electron chi connectivity index (χ2n) is 8.46. The van der Waals surface area contributed by atoms with Crippen LogP contribution in [0.3, 0.4) is 0 Å². The number of rotatable bonds is 6. The van der Waals surface area contributed by atoms with Crippen molar-refractivity contribution < 1.29 is 22.8 Å². The Morgan fingerprint density at radius 2 is 1.74 bits per heavy atom. The molecule has 2 amide bonds. The van der Waals surface area contributed by atoms with Gasteiger partial charge < -0.3 is 14.8 Å². The van der Waals surface area contributed by atoms with E-state index in [1.54, 1.807) is 0 Å². The molecule has 0 atom stereocenters. The summed E-state index contributed by atoms with van der Waals surface area (Å²) in [4.78, 5) is 28.2. The van der Waals surface area contributed by atoms with Crippen LogP contribution < -0.4 is 5.32 Å². The smallest absolute Gasteiger partial charge is 0.341 e. The SMILES string of the molecule is O=C(CSc1cn(CC(=O)N2CCCCCC2)c2ccccc12)Nc1cc(C(F)(F)F)ccc1Cl. The maximum Gasteiger partial charge on any atom is 0.416 e. The first kappa shape index (κ1) is 25.4. The number of nitrogens with zero attached hydrogens (tertiary/aromatic N) is 2. The molecule has 1 aliphatic rings. The van der Waals surface area contributed by atoms with E-state index >= 15 is 0 Å². The first-order chi connectivity index (χ1) is 16.7. The predicted molar refractivity (Wildman–Crippen MR) is 133 cm³/mol. The zero-order valence-electron chi connectivity index (χ0n) is 18.9. The number of benzene rings is 2. The number of halogens is 4. The van der Waals surface area contributed by atoms with Crippen LogP contribution in [0.4, 0.5) is 18.9 Å². The van der Waals surface area contributed by atoms with Crippen molar-refractivity contribution in [3.63, 3.8) is 0 Å². The standard InChI is InChI=1S/C25H25ClF3N3O2S/c26-19-10-9-17(25(27,28)29)13-20(19)30-23(33)16-35-22-14-32(21-8-4-3-7-18(21)22)15-24(34)31-11-5-1-2-6-12-31/h3-4,7-10,13-14H,1-2,5-6,11-12,15-16H2,(H,30,33). The van der Waals surface area contributed by atoms with E-state index in [0.29, 0.717) is 0 Å². The molecule has 5 nitrogen and oxygen atoms in total. The second kappa shape index (κ2) is 11.0. The number of amides is 2. The molecule has 2 heterocycles. The van der Waals surface area contributed by atoms with Crippen LogP contribution in [0, 0.1) is 0 Å². The van der Waals surface area contributed by atoms with E-state index < -0.39 is 17.6 Å². The van der Waals surface area contributed by atoms with Gasteiger partial charge in [-0.3, -0.25) is 9.59 Å². The van der Waals surface area contributed by atoms with Gasteiger partial charge in [-0.1, -0.05) is 42.6 Å². The fourth-order valence-corrected chi connectivity index (χ4v) is 5.21. The monoisotopic (exact) mass is 523 g/mol. The summed E-state index contributed by atoms with van der Waals surface area (Å²) >= 11 is 7.24. The summed E-state index contributed by atoms with van der Waals surface area (Å²) in [6.45, 7) is 1.77. The van der Waals surface area contributed by atoms with Crippen LogP contribution in [0.25, 0.3) is 10.9 Å². The van der Waals surface area contributed by atoms with Crippen molar-refractivity contribution in [3.8, 4) is 0 Å². The van der Waals surface area contributed by atoms with Crippen molar-refractivity contribution in [2.75, 3.05) is 24.2 Å². The van der Waals surface area contributed by atoms with Crippen LogP contribution in [0.1, 0.15) is 31.2 Å². The molecule has 1 N–H and O–H groups in total. The molecule has 35 heavy (non-hydrogen) atoms. The van der Waals surface area contributed by atoms with Crippen molar-refractivity contribution in [1.29, 1.82) is 0 Å². The zero-order chi connectivity index (χ0) is 25.0. The molecule has 2 aromatic carbocycles. The van der Waals surface area contributed by atoms with Crippen LogP contribution in [0.2, 0.25) is 5.02 Å². The van der Waals surface area contributed by atoms with Crippen LogP contribution in [0.5, 0.6) is 0 Å². The molecule has 0 spiro atoms. The molecular formula is C25H25ClF3N3O2S. The first-order valence-electron chi connectivity index (χ1n) is 11.4. The molecule has 1 fully saturated rings. The van der Waals surface area contributed by atoms with Gasteiger partial charge in [-0.15, -0.1) is 11.8 Å². The molecule has 0 radical (unpaired) electrons. The minimum atomic E-state index is -4.54. The number of likely N-dealkylation sites (tertiary alicyclic amines) is 1. The summed E-state index contributed by atoms with van der Waals surface area (Å²) in [6, 6.07) is 10.4. The molecule has 0 bridgehead atoms. The van der Waals surface area contributed by atoms with Crippen molar-refractivity contribution in [2.45, 2.75) is 43.3 Å². The summed E-state index contributed by atoms with van der Waals surface area (Å²) in [7, 11) is 0. The normalized spacial score (nSPS) is 14.7. The Kier molecular flexibility index (Phi) is 7.96. The van der Waals surface area contributed by atoms with Gasteiger partial charge in [0.1, 0.15) is 6.54 Å².